The maximum Gasteiger partial charge on any atom is 0.254 e. The second-order valence-electron chi connectivity index (χ2n) is 5.34. The highest BCUT2D eigenvalue weighted by atomic mass is 16.2. The highest BCUT2D eigenvalue weighted by Crippen LogP contribution is 2.17. The minimum Gasteiger partial charge on any atom is -0.329 e. The number of aromatic nitrogens is 3. The second-order valence-corrected chi connectivity index (χ2v) is 5.34. The van der Waals surface area contributed by atoms with Crippen LogP contribution in [0.1, 0.15) is 33.1 Å². The van der Waals surface area contributed by atoms with Crippen molar-refractivity contribution >= 4 is 5.91 Å². The van der Waals surface area contributed by atoms with Crippen LogP contribution in [0.5, 0.6) is 0 Å². The molecule has 0 saturated heterocycles. The molecule has 0 fully saturated rings. The minimum atomic E-state index is 0.0694. The zero-order chi connectivity index (χ0) is 14.3. The topological polar surface area (TPSA) is 51.0 Å². The first-order valence-electron chi connectivity index (χ1n) is 6.81. The lowest BCUT2D eigenvalue weighted by atomic mass is 10.1. The highest BCUT2D eigenvalue weighted by molar-refractivity contribution is 5.94. The molecule has 0 atom stereocenters. The molecule has 0 bridgehead atoms. The van der Waals surface area contributed by atoms with E-state index in [2.05, 4.69) is 21.7 Å². The molecule has 0 N–H and O–H groups in total. The van der Waals surface area contributed by atoms with E-state index in [-0.39, 0.29) is 5.91 Å². The number of rotatable bonds is 1. The molecule has 0 spiro atoms. The van der Waals surface area contributed by atoms with Gasteiger partial charge < -0.3 is 9.47 Å². The summed E-state index contributed by atoms with van der Waals surface area (Å²) in [7, 11) is 0. The Bertz CT molecular complexity index is 675. The third-order valence-electron chi connectivity index (χ3n) is 3.98. The van der Waals surface area contributed by atoms with Gasteiger partial charge in [-0.05, 0) is 44.0 Å². The van der Waals surface area contributed by atoms with E-state index < -0.39 is 0 Å². The average molecular weight is 270 g/mol. The molecule has 1 aromatic carbocycles. The quantitative estimate of drug-likeness (QED) is 0.794. The van der Waals surface area contributed by atoms with Crippen LogP contribution in [0.25, 0.3) is 0 Å². The van der Waals surface area contributed by atoms with Gasteiger partial charge in [0.25, 0.3) is 5.91 Å². The van der Waals surface area contributed by atoms with Crippen molar-refractivity contribution < 1.29 is 4.79 Å². The van der Waals surface area contributed by atoms with Gasteiger partial charge in [0.05, 0.1) is 6.54 Å². The summed E-state index contributed by atoms with van der Waals surface area (Å²) in [6.45, 7) is 8.03. The molecule has 1 aromatic heterocycles. The molecule has 5 nitrogen and oxygen atoms in total. The molecule has 104 valence electrons. The Balaban J connectivity index is 1.83. The van der Waals surface area contributed by atoms with Crippen molar-refractivity contribution in [1.29, 1.82) is 0 Å². The third kappa shape index (κ3) is 2.09. The van der Waals surface area contributed by atoms with Crippen molar-refractivity contribution in [3.8, 4) is 0 Å². The van der Waals surface area contributed by atoms with Crippen molar-refractivity contribution in [1.82, 2.24) is 19.7 Å². The lowest BCUT2D eigenvalue weighted by Crippen LogP contribution is -2.38. The Kier molecular flexibility index (Phi) is 3.04. The van der Waals surface area contributed by atoms with Crippen molar-refractivity contribution in [2.24, 2.45) is 0 Å². The number of carbonyl (C=O) groups is 1. The summed E-state index contributed by atoms with van der Waals surface area (Å²) in [6.07, 6.45) is 0. The fourth-order valence-corrected chi connectivity index (χ4v) is 2.53. The van der Waals surface area contributed by atoms with E-state index in [4.69, 9.17) is 0 Å². The van der Waals surface area contributed by atoms with Crippen molar-refractivity contribution in [2.75, 3.05) is 6.54 Å². The first kappa shape index (κ1) is 12.8. The van der Waals surface area contributed by atoms with E-state index in [0.29, 0.717) is 13.1 Å². The number of hydrogen-bond acceptors (Lipinski definition) is 3. The highest BCUT2D eigenvalue weighted by Gasteiger charge is 2.24. The number of hydrogen-bond donors (Lipinski definition) is 0. The van der Waals surface area contributed by atoms with Crippen LogP contribution in [0, 0.1) is 20.8 Å². The maximum atomic E-state index is 12.5. The molecule has 5 heteroatoms. The van der Waals surface area contributed by atoms with E-state index in [9.17, 15) is 4.79 Å². The van der Waals surface area contributed by atoms with Crippen LogP contribution in [-0.2, 0) is 13.1 Å². The third-order valence-corrected chi connectivity index (χ3v) is 3.98. The van der Waals surface area contributed by atoms with Gasteiger partial charge in [0, 0.05) is 18.7 Å². The molecule has 0 saturated carbocycles. The Labute approximate surface area is 118 Å². The molecular formula is C15H18N4O. The van der Waals surface area contributed by atoms with E-state index >= 15 is 0 Å². The van der Waals surface area contributed by atoms with Gasteiger partial charge in [0.1, 0.15) is 5.82 Å². The van der Waals surface area contributed by atoms with E-state index in [1.165, 1.54) is 5.56 Å². The van der Waals surface area contributed by atoms with Gasteiger partial charge in [0.15, 0.2) is 5.82 Å². The van der Waals surface area contributed by atoms with Crippen LogP contribution in [0.3, 0.4) is 0 Å². The molecular weight excluding hydrogens is 252 g/mol. The van der Waals surface area contributed by atoms with Gasteiger partial charge in [-0.2, -0.15) is 0 Å². The summed E-state index contributed by atoms with van der Waals surface area (Å²) in [5.41, 5.74) is 3.10. The van der Waals surface area contributed by atoms with Crippen LogP contribution < -0.4 is 0 Å². The Morgan fingerprint density at radius 2 is 1.90 bits per heavy atom. The van der Waals surface area contributed by atoms with Gasteiger partial charge >= 0.3 is 0 Å². The van der Waals surface area contributed by atoms with E-state index in [1.54, 1.807) is 0 Å². The van der Waals surface area contributed by atoms with Crippen LogP contribution in [-0.4, -0.2) is 32.1 Å². The largest absolute Gasteiger partial charge is 0.329 e. The molecule has 0 radical (unpaired) electrons. The van der Waals surface area contributed by atoms with E-state index in [0.717, 1.165) is 29.3 Å². The lowest BCUT2D eigenvalue weighted by molar-refractivity contribution is 0.0706. The Morgan fingerprint density at radius 1 is 1.10 bits per heavy atom. The molecule has 3 rings (SSSR count). The van der Waals surface area contributed by atoms with Gasteiger partial charge in [0.2, 0.25) is 0 Å². The zero-order valence-corrected chi connectivity index (χ0v) is 12.1. The summed E-state index contributed by atoms with van der Waals surface area (Å²) in [5, 5.41) is 8.20. The number of benzene rings is 1. The second kappa shape index (κ2) is 4.74. The molecule has 0 aliphatic carbocycles. The van der Waals surface area contributed by atoms with Crippen LogP contribution in [0.2, 0.25) is 0 Å². The fraction of sp³-hybridized carbons (Fsp3) is 0.400. The molecule has 2 heterocycles. The molecule has 20 heavy (non-hydrogen) atoms. The number of carbonyl (C=O) groups excluding carboxylic acids is 1. The minimum absolute atomic E-state index is 0.0694. The summed E-state index contributed by atoms with van der Waals surface area (Å²) in [6, 6.07) is 5.86. The monoisotopic (exact) mass is 270 g/mol. The normalized spacial score (nSPS) is 14.2. The van der Waals surface area contributed by atoms with Crippen LogP contribution >= 0.6 is 0 Å². The molecule has 1 aliphatic rings. The number of nitrogens with zero attached hydrogens (tertiary/aromatic N) is 4. The van der Waals surface area contributed by atoms with E-state index in [1.807, 2.05) is 36.9 Å². The lowest BCUT2D eigenvalue weighted by Gasteiger charge is -2.27. The average Bonchev–Trinajstić information content (AvgIpc) is 2.82. The predicted octanol–water partition coefficient (Wildman–Crippen LogP) is 1.86. The predicted molar refractivity (Wildman–Crippen MR) is 75.4 cm³/mol. The van der Waals surface area contributed by atoms with Gasteiger partial charge in [-0.15, -0.1) is 10.2 Å². The van der Waals surface area contributed by atoms with Crippen LogP contribution in [0.15, 0.2) is 18.2 Å². The molecule has 1 aliphatic heterocycles. The number of aryl methyl sites for hydroxylation is 3. The first-order valence-corrected chi connectivity index (χ1v) is 6.81. The zero-order valence-electron chi connectivity index (χ0n) is 12.1. The summed E-state index contributed by atoms with van der Waals surface area (Å²) in [4.78, 5) is 14.4. The van der Waals surface area contributed by atoms with Crippen molar-refractivity contribution in [3.63, 3.8) is 0 Å². The molecule has 2 aromatic rings. The van der Waals surface area contributed by atoms with Gasteiger partial charge in [-0.1, -0.05) is 6.07 Å². The standard InChI is InChI=1S/C15H18N4O/c1-10-4-5-13(8-11(10)2)15(20)18-6-7-19-12(3)16-17-14(19)9-18/h4-5,8H,6-7,9H2,1-3H3. The van der Waals surface area contributed by atoms with Crippen LogP contribution in [0.4, 0.5) is 0 Å². The summed E-state index contributed by atoms with van der Waals surface area (Å²) < 4.78 is 2.07. The van der Waals surface area contributed by atoms with Gasteiger partial charge in [-0.3, -0.25) is 4.79 Å². The molecule has 0 unspecified atom stereocenters. The Morgan fingerprint density at radius 3 is 2.65 bits per heavy atom. The maximum absolute atomic E-state index is 12.5. The SMILES string of the molecule is Cc1ccc(C(=O)N2CCn3c(C)nnc3C2)cc1C. The van der Waals surface area contributed by atoms with Crippen molar-refractivity contribution in [2.45, 2.75) is 33.9 Å². The summed E-state index contributed by atoms with van der Waals surface area (Å²) in [5.74, 6) is 1.85. The molecule has 1 amide bonds. The van der Waals surface area contributed by atoms with Crippen molar-refractivity contribution in [3.05, 3.63) is 46.5 Å². The van der Waals surface area contributed by atoms with Gasteiger partial charge in [-0.25, -0.2) is 0 Å². The smallest absolute Gasteiger partial charge is 0.254 e. The number of amides is 1. The first-order chi connectivity index (χ1) is 9.56. The summed E-state index contributed by atoms with van der Waals surface area (Å²) >= 11 is 0. The Hall–Kier alpha value is -2.17. The fourth-order valence-electron chi connectivity index (χ4n) is 2.53. The number of fused-ring (bicyclic) bond motifs is 1.